The minimum absolute atomic E-state index is 0.00694. The number of halogens is 2. The van der Waals surface area contributed by atoms with E-state index in [0.29, 0.717) is 5.56 Å². The predicted molar refractivity (Wildman–Crippen MR) is 51.4 cm³/mol. The lowest BCUT2D eigenvalue weighted by Gasteiger charge is -2.21. The first-order valence-corrected chi connectivity index (χ1v) is 4.39. The van der Waals surface area contributed by atoms with Crippen LogP contribution < -0.4 is 0 Å². The molecule has 0 heterocycles. The third-order valence-electron chi connectivity index (χ3n) is 1.91. The molecule has 0 fully saturated rings. The summed E-state index contributed by atoms with van der Waals surface area (Å²) < 4.78 is 13.0. The maximum Gasteiger partial charge on any atom is 0.142 e. The van der Waals surface area contributed by atoms with Gasteiger partial charge >= 0.3 is 0 Å². The molecule has 13 heavy (non-hydrogen) atoms. The van der Waals surface area contributed by atoms with E-state index in [1.54, 1.807) is 26.8 Å². The third kappa shape index (κ3) is 2.01. The number of hydrogen-bond acceptors (Lipinski definition) is 1. The Morgan fingerprint density at radius 2 is 1.92 bits per heavy atom. The minimum atomic E-state index is -1.11. The fraction of sp³-hybridized carbons (Fsp3) is 0.400. The molecule has 0 spiro atoms. The van der Waals surface area contributed by atoms with Gasteiger partial charge in [0.2, 0.25) is 0 Å². The summed E-state index contributed by atoms with van der Waals surface area (Å²) >= 11 is 5.75. The molecule has 1 aromatic rings. The predicted octanol–water partition coefficient (Wildman–Crippen LogP) is 3.01. The van der Waals surface area contributed by atoms with Gasteiger partial charge in [0.1, 0.15) is 5.82 Å². The molecule has 72 valence electrons. The standard InChI is InChI=1S/C10H12ClFO/c1-6-4-5-7(12)9(11)8(6)10(2,3)13/h4-5,13H,1-3H3. The van der Waals surface area contributed by atoms with Crippen molar-refractivity contribution >= 4 is 11.6 Å². The lowest BCUT2D eigenvalue weighted by atomic mass is 9.94. The third-order valence-corrected chi connectivity index (χ3v) is 2.28. The molecule has 1 N–H and O–H groups in total. The van der Waals surface area contributed by atoms with Gasteiger partial charge in [-0.25, -0.2) is 4.39 Å². The molecule has 0 bridgehead atoms. The molecule has 0 saturated heterocycles. The van der Waals surface area contributed by atoms with Crippen molar-refractivity contribution < 1.29 is 9.50 Å². The summed E-state index contributed by atoms with van der Waals surface area (Å²) in [7, 11) is 0. The highest BCUT2D eigenvalue weighted by Crippen LogP contribution is 2.32. The van der Waals surface area contributed by atoms with Crippen LogP contribution in [0.15, 0.2) is 12.1 Å². The van der Waals surface area contributed by atoms with E-state index in [0.717, 1.165) is 5.56 Å². The molecule has 1 rings (SSSR count). The molecule has 0 aliphatic heterocycles. The molecule has 1 nitrogen and oxygen atoms in total. The van der Waals surface area contributed by atoms with Crippen molar-refractivity contribution in [3.8, 4) is 0 Å². The number of aliphatic hydroxyl groups is 1. The number of aryl methyl sites for hydroxylation is 1. The van der Waals surface area contributed by atoms with Gasteiger partial charge in [0.05, 0.1) is 10.6 Å². The van der Waals surface area contributed by atoms with E-state index in [2.05, 4.69) is 0 Å². The Hall–Kier alpha value is -0.600. The Kier molecular flexibility index (Phi) is 2.64. The normalized spacial score (nSPS) is 11.8. The van der Waals surface area contributed by atoms with Crippen LogP contribution in [0.2, 0.25) is 5.02 Å². The molecule has 0 atom stereocenters. The quantitative estimate of drug-likeness (QED) is 0.742. The summed E-state index contributed by atoms with van der Waals surface area (Å²) in [6.07, 6.45) is 0. The Labute approximate surface area is 82.2 Å². The Morgan fingerprint density at radius 1 is 1.38 bits per heavy atom. The van der Waals surface area contributed by atoms with E-state index in [1.165, 1.54) is 6.07 Å². The smallest absolute Gasteiger partial charge is 0.142 e. The highest BCUT2D eigenvalue weighted by atomic mass is 35.5. The second kappa shape index (κ2) is 3.28. The molecular weight excluding hydrogens is 191 g/mol. The maximum atomic E-state index is 13.0. The molecule has 0 amide bonds. The fourth-order valence-electron chi connectivity index (χ4n) is 1.40. The average Bonchev–Trinajstić information content (AvgIpc) is 1.95. The van der Waals surface area contributed by atoms with Gasteiger partial charge in [0.25, 0.3) is 0 Å². The van der Waals surface area contributed by atoms with Crippen LogP contribution in [0.4, 0.5) is 4.39 Å². The number of hydrogen-bond donors (Lipinski definition) is 1. The number of rotatable bonds is 1. The van der Waals surface area contributed by atoms with Crippen molar-refractivity contribution in [3.05, 3.63) is 34.1 Å². The largest absolute Gasteiger partial charge is 0.386 e. The van der Waals surface area contributed by atoms with Crippen LogP contribution in [0.25, 0.3) is 0 Å². The molecule has 0 aromatic heterocycles. The van der Waals surface area contributed by atoms with E-state index < -0.39 is 11.4 Å². The van der Waals surface area contributed by atoms with Crippen molar-refractivity contribution in [3.63, 3.8) is 0 Å². The van der Waals surface area contributed by atoms with E-state index in [9.17, 15) is 9.50 Å². The van der Waals surface area contributed by atoms with Crippen LogP contribution >= 0.6 is 11.6 Å². The summed E-state index contributed by atoms with van der Waals surface area (Å²) in [6, 6.07) is 2.90. The summed E-state index contributed by atoms with van der Waals surface area (Å²) in [5.41, 5.74) is 0.136. The molecule has 1 aromatic carbocycles. The van der Waals surface area contributed by atoms with E-state index in [1.807, 2.05) is 0 Å². The number of benzene rings is 1. The lowest BCUT2D eigenvalue weighted by molar-refractivity contribution is 0.0777. The Bertz CT molecular complexity index is 328. The molecule has 0 saturated carbocycles. The molecule has 0 aliphatic rings. The SMILES string of the molecule is Cc1ccc(F)c(Cl)c1C(C)(C)O. The highest BCUT2D eigenvalue weighted by Gasteiger charge is 2.23. The van der Waals surface area contributed by atoms with Gasteiger partial charge in [-0.15, -0.1) is 0 Å². The zero-order chi connectivity index (χ0) is 10.2. The highest BCUT2D eigenvalue weighted by molar-refractivity contribution is 6.31. The zero-order valence-electron chi connectivity index (χ0n) is 7.86. The first kappa shape index (κ1) is 10.5. The first-order chi connectivity index (χ1) is 5.84. The second-order valence-corrected chi connectivity index (χ2v) is 3.99. The van der Waals surface area contributed by atoms with Gasteiger partial charge in [-0.2, -0.15) is 0 Å². The summed E-state index contributed by atoms with van der Waals surface area (Å²) in [4.78, 5) is 0. The maximum absolute atomic E-state index is 13.0. The van der Waals surface area contributed by atoms with Crippen LogP contribution in [0.3, 0.4) is 0 Å². The van der Waals surface area contributed by atoms with Gasteiger partial charge in [-0.3, -0.25) is 0 Å². The van der Waals surface area contributed by atoms with Crippen LogP contribution in [0.1, 0.15) is 25.0 Å². The molecule has 0 aliphatic carbocycles. The van der Waals surface area contributed by atoms with Crippen LogP contribution in [0, 0.1) is 12.7 Å². The van der Waals surface area contributed by atoms with Gasteiger partial charge in [0.15, 0.2) is 0 Å². The van der Waals surface area contributed by atoms with Crippen molar-refractivity contribution in [2.24, 2.45) is 0 Å². The van der Waals surface area contributed by atoms with E-state index >= 15 is 0 Å². The molecular formula is C10H12ClFO. The van der Waals surface area contributed by atoms with E-state index in [4.69, 9.17) is 11.6 Å². The van der Waals surface area contributed by atoms with Gasteiger partial charge < -0.3 is 5.11 Å². The lowest BCUT2D eigenvalue weighted by Crippen LogP contribution is -2.18. The van der Waals surface area contributed by atoms with Crippen LogP contribution in [0.5, 0.6) is 0 Å². The topological polar surface area (TPSA) is 20.2 Å². The van der Waals surface area contributed by atoms with Gasteiger partial charge in [-0.05, 0) is 32.4 Å². The second-order valence-electron chi connectivity index (χ2n) is 3.61. The average molecular weight is 203 g/mol. The Morgan fingerprint density at radius 3 is 2.31 bits per heavy atom. The van der Waals surface area contributed by atoms with Crippen LogP contribution in [-0.2, 0) is 5.60 Å². The van der Waals surface area contributed by atoms with Crippen LogP contribution in [-0.4, -0.2) is 5.11 Å². The van der Waals surface area contributed by atoms with Crippen molar-refractivity contribution in [2.45, 2.75) is 26.4 Å². The summed E-state index contributed by atoms with van der Waals surface area (Å²) in [5.74, 6) is -0.496. The minimum Gasteiger partial charge on any atom is -0.386 e. The van der Waals surface area contributed by atoms with Gasteiger partial charge in [0, 0.05) is 5.56 Å². The van der Waals surface area contributed by atoms with Gasteiger partial charge in [-0.1, -0.05) is 17.7 Å². The first-order valence-electron chi connectivity index (χ1n) is 4.01. The molecule has 3 heteroatoms. The monoisotopic (exact) mass is 202 g/mol. The zero-order valence-corrected chi connectivity index (χ0v) is 8.61. The molecule has 0 radical (unpaired) electrons. The molecule has 0 unspecified atom stereocenters. The van der Waals surface area contributed by atoms with E-state index in [-0.39, 0.29) is 5.02 Å². The summed E-state index contributed by atoms with van der Waals surface area (Å²) in [5, 5.41) is 9.73. The fourth-order valence-corrected chi connectivity index (χ4v) is 1.84. The van der Waals surface area contributed by atoms with Crippen molar-refractivity contribution in [1.29, 1.82) is 0 Å². The Balaban J connectivity index is 3.43. The van der Waals surface area contributed by atoms with Crippen molar-refractivity contribution in [2.75, 3.05) is 0 Å². The van der Waals surface area contributed by atoms with Crippen molar-refractivity contribution in [1.82, 2.24) is 0 Å². The summed E-state index contributed by atoms with van der Waals surface area (Å²) in [6.45, 7) is 4.96.